The monoisotopic (exact) mass is 287 g/mol. The largest absolute Gasteiger partial charge is 0.480 e. The first kappa shape index (κ1) is 12.7. The lowest BCUT2D eigenvalue weighted by molar-refractivity contribution is 0.101. The topological polar surface area (TPSA) is 52.3 Å². The molecule has 3 aromatic rings. The van der Waals surface area contributed by atoms with Crippen LogP contribution in [0.1, 0.15) is 16.1 Å². The Morgan fingerprint density at radius 3 is 2.95 bits per heavy atom. The summed E-state index contributed by atoms with van der Waals surface area (Å²) >= 11 is 5.92. The maximum atomic E-state index is 12.4. The Morgan fingerprint density at radius 1 is 1.30 bits per heavy atom. The molecule has 0 amide bonds. The summed E-state index contributed by atoms with van der Waals surface area (Å²) < 4.78 is 10.6. The van der Waals surface area contributed by atoms with Gasteiger partial charge < -0.3 is 9.15 Å². The zero-order chi connectivity index (χ0) is 14.1. The fraction of sp³-hybridized carbons (Fsp3) is 0.0667. The molecule has 0 saturated heterocycles. The van der Waals surface area contributed by atoms with Crippen molar-refractivity contribution in [2.75, 3.05) is 7.11 Å². The molecule has 0 unspecified atom stereocenters. The summed E-state index contributed by atoms with van der Waals surface area (Å²) in [5, 5.41) is 1.37. The van der Waals surface area contributed by atoms with Gasteiger partial charge in [-0.25, -0.2) is 4.98 Å². The van der Waals surface area contributed by atoms with Crippen LogP contribution in [0.25, 0.3) is 11.0 Å². The SMILES string of the molecule is COc1ncccc1C(=O)c1cc2cc(Cl)ccc2o1. The fourth-order valence-electron chi connectivity index (χ4n) is 1.99. The second-order valence-corrected chi connectivity index (χ2v) is 4.62. The Kier molecular flexibility index (Phi) is 3.16. The molecule has 0 spiro atoms. The number of furan rings is 1. The van der Waals surface area contributed by atoms with Crippen LogP contribution in [0.3, 0.4) is 0 Å². The summed E-state index contributed by atoms with van der Waals surface area (Å²) in [5.74, 6) is 0.229. The van der Waals surface area contributed by atoms with Crippen LogP contribution in [0.5, 0.6) is 5.88 Å². The van der Waals surface area contributed by atoms with Gasteiger partial charge in [-0.2, -0.15) is 0 Å². The van der Waals surface area contributed by atoms with E-state index in [-0.39, 0.29) is 17.4 Å². The van der Waals surface area contributed by atoms with Crippen LogP contribution < -0.4 is 4.74 Å². The van der Waals surface area contributed by atoms with Crippen LogP contribution in [0.4, 0.5) is 0 Å². The number of rotatable bonds is 3. The van der Waals surface area contributed by atoms with E-state index >= 15 is 0 Å². The van der Waals surface area contributed by atoms with Gasteiger partial charge in [0, 0.05) is 16.6 Å². The molecular formula is C15H10ClNO3. The number of fused-ring (bicyclic) bond motifs is 1. The summed E-state index contributed by atoms with van der Waals surface area (Å²) in [6.07, 6.45) is 1.56. The standard InChI is InChI=1S/C15H10ClNO3/c1-19-15-11(3-2-6-17-15)14(18)13-8-9-7-10(16)4-5-12(9)20-13/h2-8H,1H3. The molecule has 1 aromatic carbocycles. The molecule has 0 saturated carbocycles. The number of aromatic nitrogens is 1. The highest BCUT2D eigenvalue weighted by atomic mass is 35.5. The molecule has 0 fully saturated rings. The van der Waals surface area contributed by atoms with Crippen molar-refractivity contribution < 1.29 is 13.9 Å². The average Bonchev–Trinajstić information content (AvgIpc) is 2.89. The third-order valence-electron chi connectivity index (χ3n) is 2.91. The highest BCUT2D eigenvalue weighted by Crippen LogP contribution is 2.26. The average molecular weight is 288 g/mol. The normalized spacial score (nSPS) is 10.7. The molecule has 20 heavy (non-hydrogen) atoms. The summed E-state index contributed by atoms with van der Waals surface area (Å²) in [5.41, 5.74) is 0.973. The molecule has 3 rings (SSSR count). The van der Waals surface area contributed by atoms with E-state index in [1.165, 1.54) is 7.11 Å². The molecule has 0 aliphatic rings. The van der Waals surface area contributed by atoms with Gasteiger partial charge in [0.2, 0.25) is 11.7 Å². The Hall–Kier alpha value is -2.33. The second-order valence-electron chi connectivity index (χ2n) is 4.18. The maximum absolute atomic E-state index is 12.4. The van der Waals surface area contributed by atoms with Gasteiger partial charge >= 0.3 is 0 Å². The summed E-state index contributed by atoms with van der Waals surface area (Å²) in [4.78, 5) is 16.4. The molecule has 0 atom stereocenters. The fourth-order valence-corrected chi connectivity index (χ4v) is 2.17. The predicted octanol–water partition coefficient (Wildman–Crippen LogP) is 3.72. The van der Waals surface area contributed by atoms with Gasteiger partial charge in [-0.15, -0.1) is 0 Å². The zero-order valence-corrected chi connectivity index (χ0v) is 11.3. The smallest absolute Gasteiger partial charge is 0.233 e. The molecule has 0 bridgehead atoms. The van der Waals surface area contributed by atoms with Crippen molar-refractivity contribution in [1.29, 1.82) is 0 Å². The van der Waals surface area contributed by atoms with E-state index in [2.05, 4.69) is 4.98 Å². The zero-order valence-electron chi connectivity index (χ0n) is 10.6. The summed E-state index contributed by atoms with van der Waals surface area (Å²) in [7, 11) is 1.47. The molecule has 4 nitrogen and oxygen atoms in total. The molecule has 0 aliphatic carbocycles. The Bertz CT molecular complexity index is 795. The first-order valence-corrected chi connectivity index (χ1v) is 6.29. The minimum Gasteiger partial charge on any atom is -0.480 e. The van der Waals surface area contributed by atoms with Gasteiger partial charge in [0.05, 0.1) is 12.7 Å². The van der Waals surface area contributed by atoms with E-state index in [4.69, 9.17) is 20.8 Å². The summed E-state index contributed by atoms with van der Waals surface area (Å²) in [6.45, 7) is 0. The number of carbonyl (C=O) groups excluding carboxylic acids is 1. The van der Waals surface area contributed by atoms with Crippen molar-refractivity contribution in [2.45, 2.75) is 0 Å². The van der Waals surface area contributed by atoms with E-state index in [0.29, 0.717) is 16.2 Å². The number of carbonyl (C=O) groups is 1. The first-order chi connectivity index (χ1) is 9.69. The summed E-state index contributed by atoms with van der Waals surface area (Å²) in [6, 6.07) is 10.2. The minimum absolute atomic E-state index is 0.230. The van der Waals surface area contributed by atoms with Crippen molar-refractivity contribution in [3.05, 3.63) is 58.9 Å². The van der Waals surface area contributed by atoms with Gasteiger partial charge in [-0.1, -0.05) is 11.6 Å². The second kappa shape index (κ2) is 4.98. The molecule has 2 aromatic heterocycles. The Balaban J connectivity index is 2.08. The minimum atomic E-state index is -0.276. The van der Waals surface area contributed by atoms with Crippen molar-refractivity contribution in [3.8, 4) is 5.88 Å². The van der Waals surface area contributed by atoms with Gasteiger partial charge in [0.15, 0.2) is 5.76 Å². The van der Waals surface area contributed by atoms with Crippen LogP contribution in [0.15, 0.2) is 47.0 Å². The van der Waals surface area contributed by atoms with Crippen molar-refractivity contribution in [1.82, 2.24) is 4.98 Å². The first-order valence-electron chi connectivity index (χ1n) is 5.92. The molecule has 0 aliphatic heterocycles. The van der Waals surface area contributed by atoms with E-state index < -0.39 is 0 Å². The molecule has 5 heteroatoms. The van der Waals surface area contributed by atoms with E-state index in [9.17, 15) is 4.79 Å². The number of pyridine rings is 1. The van der Waals surface area contributed by atoms with Crippen LogP contribution in [-0.4, -0.2) is 17.9 Å². The van der Waals surface area contributed by atoms with Crippen molar-refractivity contribution >= 4 is 28.4 Å². The molecular weight excluding hydrogens is 278 g/mol. The van der Waals surface area contributed by atoms with Crippen molar-refractivity contribution in [2.24, 2.45) is 0 Å². The highest BCUT2D eigenvalue weighted by molar-refractivity contribution is 6.31. The molecule has 0 N–H and O–H groups in total. The number of ketones is 1. The van der Waals surface area contributed by atoms with Crippen LogP contribution in [0, 0.1) is 0 Å². The number of hydrogen-bond acceptors (Lipinski definition) is 4. The maximum Gasteiger partial charge on any atom is 0.233 e. The Morgan fingerprint density at radius 2 is 2.15 bits per heavy atom. The number of methoxy groups -OCH3 is 1. The lowest BCUT2D eigenvalue weighted by Crippen LogP contribution is -2.03. The lowest BCUT2D eigenvalue weighted by Gasteiger charge is -2.03. The van der Waals surface area contributed by atoms with Crippen LogP contribution in [-0.2, 0) is 0 Å². The molecule has 0 radical (unpaired) electrons. The number of benzene rings is 1. The quantitative estimate of drug-likeness (QED) is 0.689. The Labute approximate surface area is 119 Å². The molecule has 100 valence electrons. The van der Waals surface area contributed by atoms with Crippen molar-refractivity contribution in [3.63, 3.8) is 0 Å². The third kappa shape index (κ3) is 2.14. The van der Waals surface area contributed by atoms with E-state index in [0.717, 1.165) is 5.39 Å². The molecule has 2 heterocycles. The van der Waals surface area contributed by atoms with Crippen LogP contribution >= 0.6 is 11.6 Å². The number of ether oxygens (including phenoxy) is 1. The van der Waals surface area contributed by atoms with Gasteiger partial charge in [-0.3, -0.25) is 4.79 Å². The third-order valence-corrected chi connectivity index (χ3v) is 3.15. The highest BCUT2D eigenvalue weighted by Gasteiger charge is 2.19. The number of halogens is 1. The number of hydrogen-bond donors (Lipinski definition) is 0. The van der Waals surface area contributed by atoms with E-state index in [1.807, 2.05) is 0 Å². The van der Waals surface area contributed by atoms with Gasteiger partial charge in [-0.05, 0) is 36.4 Å². The van der Waals surface area contributed by atoms with Gasteiger partial charge in [0.25, 0.3) is 0 Å². The van der Waals surface area contributed by atoms with Crippen LogP contribution in [0.2, 0.25) is 5.02 Å². The van der Waals surface area contributed by atoms with Gasteiger partial charge in [0.1, 0.15) is 5.58 Å². The predicted molar refractivity (Wildman–Crippen MR) is 75.4 cm³/mol. The lowest BCUT2D eigenvalue weighted by atomic mass is 10.1. The number of nitrogens with zero attached hydrogens (tertiary/aromatic N) is 1. The van der Waals surface area contributed by atoms with E-state index in [1.54, 1.807) is 42.6 Å².